The fraction of sp³-hybridized carbons (Fsp3) is 0.0870. The van der Waals surface area contributed by atoms with E-state index in [2.05, 4.69) is 9.97 Å². The normalized spacial score (nSPS) is 10.6. The summed E-state index contributed by atoms with van der Waals surface area (Å²) in [5.41, 5.74) is 4.36. The van der Waals surface area contributed by atoms with Crippen LogP contribution in [0.4, 0.5) is 4.79 Å². The maximum atomic E-state index is 12.0. The van der Waals surface area contributed by atoms with Crippen molar-refractivity contribution >= 4 is 17.2 Å². The minimum absolute atomic E-state index is 0.142. The maximum Gasteiger partial charge on any atom is 0.515 e. The Morgan fingerprint density at radius 1 is 0.893 bits per heavy atom. The molecule has 2 heterocycles. The molecule has 0 amide bonds. The van der Waals surface area contributed by atoms with Gasteiger partial charge in [-0.3, -0.25) is 0 Å². The molecule has 0 fully saturated rings. The molecule has 0 bridgehead atoms. The van der Waals surface area contributed by atoms with E-state index in [0.29, 0.717) is 5.65 Å². The van der Waals surface area contributed by atoms with E-state index in [-0.39, 0.29) is 12.5 Å². The third kappa shape index (κ3) is 3.99. The van der Waals surface area contributed by atoms with E-state index in [4.69, 9.17) is 9.47 Å². The molecule has 0 aliphatic heterocycles. The molecule has 2 aromatic heterocycles. The summed E-state index contributed by atoms with van der Waals surface area (Å²) in [5, 5.41) is 0.891. The van der Waals surface area contributed by atoms with E-state index < -0.39 is 6.16 Å². The molecule has 5 heteroatoms. The predicted octanol–water partition coefficient (Wildman–Crippen LogP) is 5.32. The van der Waals surface area contributed by atoms with Gasteiger partial charge in [-0.25, -0.2) is 9.78 Å². The van der Waals surface area contributed by atoms with E-state index in [1.807, 2.05) is 79.7 Å². The van der Waals surface area contributed by atoms with Crippen molar-refractivity contribution < 1.29 is 14.3 Å². The van der Waals surface area contributed by atoms with Crippen LogP contribution < -0.4 is 4.74 Å². The van der Waals surface area contributed by atoms with Crippen LogP contribution in [0.15, 0.2) is 78.9 Å². The molecule has 0 radical (unpaired) electrons. The molecule has 0 saturated heterocycles. The molecule has 0 aliphatic rings. The fourth-order valence-corrected chi connectivity index (χ4v) is 2.96. The van der Waals surface area contributed by atoms with Gasteiger partial charge in [-0.1, -0.05) is 60.7 Å². The molecule has 4 aromatic rings. The Hall–Kier alpha value is -3.73. The zero-order valence-electron chi connectivity index (χ0n) is 15.3. The number of pyridine rings is 2. The quantitative estimate of drug-likeness (QED) is 0.455. The number of benzene rings is 2. The Morgan fingerprint density at radius 2 is 1.61 bits per heavy atom. The number of ether oxygens (including phenoxy) is 2. The largest absolute Gasteiger partial charge is 0.515 e. The summed E-state index contributed by atoms with van der Waals surface area (Å²) in [4.78, 5) is 20.8. The number of carbonyl (C=O) groups excluding carboxylic acids is 1. The van der Waals surface area contributed by atoms with Crippen LogP contribution in [0.5, 0.6) is 5.88 Å². The first kappa shape index (κ1) is 17.7. The lowest BCUT2D eigenvalue weighted by molar-refractivity contribution is 0.0914. The average molecular weight is 370 g/mol. The third-order valence-electron chi connectivity index (χ3n) is 4.25. The zero-order chi connectivity index (χ0) is 19.3. The van der Waals surface area contributed by atoms with Gasteiger partial charge in [0.15, 0.2) is 5.65 Å². The van der Waals surface area contributed by atoms with Gasteiger partial charge in [-0.05, 0) is 35.7 Å². The minimum Gasteiger partial charge on any atom is -0.429 e. The predicted molar refractivity (Wildman–Crippen MR) is 107 cm³/mol. The summed E-state index contributed by atoms with van der Waals surface area (Å²) in [7, 11) is 0. The van der Waals surface area contributed by atoms with Gasteiger partial charge < -0.3 is 9.47 Å². The van der Waals surface area contributed by atoms with Crippen molar-refractivity contribution in [3.8, 4) is 17.0 Å². The second-order valence-electron chi connectivity index (χ2n) is 6.32. The van der Waals surface area contributed by atoms with Gasteiger partial charge in [-0.2, -0.15) is 4.98 Å². The second-order valence-corrected chi connectivity index (χ2v) is 6.32. The highest BCUT2D eigenvalue weighted by Gasteiger charge is 2.12. The van der Waals surface area contributed by atoms with Gasteiger partial charge in [0.2, 0.25) is 5.88 Å². The Balaban J connectivity index is 1.55. The Kier molecular flexibility index (Phi) is 4.97. The SMILES string of the molecule is Cc1cc(-c2ccccc2)c2ccc(OC(=O)OCc3ccccc3)nc2n1. The summed E-state index contributed by atoms with van der Waals surface area (Å²) in [5.74, 6) is 0.155. The van der Waals surface area contributed by atoms with Crippen molar-refractivity contribution in [3.63, 3.8) is 0 Å². The number of nitrogens with zero attached hydrogens (tertiary/aromatic N) is 2. The number of rotatable bonds is 4. The van der Waals surface area contributed by atoms with Crippen molar-refractivity contribution in [3.05, 3.63) is 90.1 Å². The van der Waals surface area contributed by atoms with E-state index in [9.17, 15) is 4.79 Å². The van der Waals surface area contributed by atoms with Crippen LogP contribution in [0.3, 0.4) is 0 Å². The molecule has 2 aromatic carbocycles. The molecule has 0 unspecified atom stereocenters. The standard InChI is InChI=1S/C23H18N2O3/c1-16-14-20(18-10-6-3-7-11-18)19-12-13-21(25-22(19)24-16)28-23(26)27-15-17-8-4-2-5-9-17/h2-14H,15H2,1H3. The minimum atomic E-state index is -0.799. The molecule has 0 saturated carbocycles. The number of hydrogen-bond acceptors (Lipinski definition) is 5. The molecular weight excluding hydrogens is 352 g/mol. The van der Waals surface area contributed by atoms with E-state index in [1.165, 1.54) is 0 Å². The highest BCUT2D eigenvalue weighted by atomic mass is 16.7. The van der Waals surface area contributed by atoms with Crippen LogP contribution in [-0.2, 0) is 11.3 Å². The highest BCUT2D eigenvalue weighted by Crippen LogP contribution is 2.29. The smallest absolute Gasteiger partial charge is 0.429 e. The monoisotopic (exact) mass is 370 g/mol. The number of hydrogen-bond donors (Lipinski definition) is 0. The summed E-state index contributed by atoms with van der Waals surface area (Å²) >= 11 is 0. The second kappa shape index (κ2) is 7.88. The lowest BCUT2D eigenvalue weighted by Gasteiger charge is -2.09. The summed E-state index contributed by atoms with van der Waals surface area (Å²) < 4.78 is 10.4. The van der Waals surface area contributed by atoms with Crippen LogP contribution in [-0.4, -0.2) is 16.1 Å². The van der Waals surface area contributed by atoms with E-state index >= 15 is 0 Å². The Morgan fingerprint density at radius 3 is 2.36 bits per heavy atom. The van der Waals surface area contributed by atoms with Gasteiger partial charge in [0.05, 0.1) is 0 Å². The van der Waals surface area contributed by atoms with Crippen molar-refractivity contribution in [2.75, 3.05) is 0 Å². The zero-order valence-corrected chi connectivity index (χ0v) is 15.3. The first-order valence-electron chi connectivity index (χ1n) is 8.91. The maximum absolute atomic E-state index is 12.0. The first-order chi connectivity index (χ1) is 13.7. The van der Waals surface area contributed by atoms with Crippen LogP contribution in [0.1, 0.15) is 11.3 Å². The highest BCUT2D eigenvalue weighted by molar-refractivity contribution is 5.93. The Bertz CT molecular complexity index is 1110. The molecule has 138 valence electrons. The number of fused-ring (bicyclic) bond motifs is 1. The number of aryl methyl sites for hydroxylation is 1. The molecule has 0 spiro atoms. The lowest BCUT2D eigenvalue weighted by Crippen LogP contribution is -2.11. The van der Waals surface area contributed by atoms with Crippen LogP contribution >= 0.6 is 0 Å². The molecule has 0 aliphatic carbocycles. The van der Waals surface area contributed by atoms with Crippen LogP contribution in [0, 0.1) is 6.92 Å². The molecule has 0 atom stereocenters. The van der Waals surface area contributed by atoms with Crippen molar-refractivity contribution in [1.29, 1.82) is 0 Å². The summed E-state index contributed by atoms with van der Waals surface area (Å²) in [6, 6.07) is 25.0. The molecule has 4 rings (SSSR count). The number of carbonyl (C=O) groups is 1. The molecule has 28 heavy (non-hydrogen) atoms. The van der Waals surface area contributed by atoms with Crippen LogP contribution in [0.2, 0.25) is 0 Å². The van der Waals surface area contributed by atoms with Gasteiger partial charge in [0.1, 0.15) is 6.61 Å². The van der Waals surface area contributed by atoms with E-state index in [0.717, 1.165) is 27.8 Å². The summed E-state index contributed by atoms with van der Waals surface area (Å²) in [6.07, 6.45) is -0.799. The Labute approximate surface area is 162 Å². The van der Waals surface area contributed by atoms with Gasteiger partial charge in [-0.15, -0.1) is 0 Å². The molecule has 0 N–H and O–H groups in total. The van der Waals surface area contributed by atoms with Crippen LogP contribution in [0.25, 0.3) is 22.2 Å². The van der Waals surface area contributed by atoms with Gasteiger partial charge in [0, 0.05) is 17.1 Å². The van der Waals surface area contributed by atoms with Crippen molar-refractivity contribution in [2.45, 2.75) is 13.5 Å². The molecular formula is C23H18N2O3. The van der Waals surface area contributed by atoms with Crippen molar-refractivity contribution in [2.24, 2.45) is 0 Å². The topological polar surface area (TPSA) is 61.3 Å². The fourth-order valence-electron chi connectivity index (χ4n) is 2.96. The lowest BCUT2D eigenvalue weighted by atomic mass is 10.0. The third-order valence-corrected chi connectivity index (χ3v) is 4.25. The van der Waals surface area contributed by atoms with Crippen molar-refractivity contribution in [1.82, 2.24) is 9.97 Å². The molecule has 5 nitrogen and oxygen atoms in total. The van der Waals surface area contributed by atoms with Gasteiger partial charge in [0.25, 0.3) is 0 Å². The van der Waals surface area contributed by atoms with E-state index in [1.54, 1.807) is 6.07 Å². The first-order valence-corrected chi connectivity index (χ1v) is 8.91. The average Bonchev–Trinajstić information content (AvgIpc) is 2.73. The van der Waals surface area contributed by atoms with Gasteiger partial charge >= 0.3 is 6.16 Å². The summed E-state index contributed by atoms with van der Waals surface area (Å²) in [6.45, 7) is 2.05. The number of aromatic nitrogens is 2.